The van der Waals surface area contributed by atoms with Crippen molar-refractivity contribution in [3.63, 3.8) is 0 Å². The number of nitrogens with two attached hydrogens (primary N) is 2. The summed E-state index contributed by atoms with van der Waals surface area (Å²) >= 11 is 1.57. The Labute approximate surface area is 124 Å². The van der Waals surface area contributed by atoms with Crippen LogP contribution in [0.15, 0.2) is 40.1 Å². The Morgan fingerprint density at radius 2 is 2.29 bits per heavy atom. The maximum absolute atomic E-state index is 5.29. The Morgan fingerprint density at radius 1 is 1.43 bits per heavy atom. The number of thiazole rings is 1. The smallest absolute Gasteiger partial charge is 0.211 e. The third-order valence-corrected chi connectivity index (χ3v) is 3.80. The van der Waals surface area contributed by atoms with Crippen molar-refractivity contribution in [3.8, 4) is 11.3 Å². The summed E-state index contributed by atoms with van der Waals surface area (Å²) in [6.07, 6.45) is 5.09. The molecular formula is C13H13N7S. The molecule has 0 aliphatic heterocycles. The first-order chi connectivity index (χ1) is 10.2. The normalized spacial score (nSPS) is 11.3. The molecule has 0 spiro atoms. The predicted octanol–water partition coefficient (Wildman–Crippen LogP) is 1.37. The summed E-state index contributed by atoms with van der Waals surface area (Å²) in [4.78, 5) is 9.66. The van der Waals surface area contributed by atoms with Crippen molar-refractivity contribution in [1.29, 1.82) is 0 Å². The maximum Gasteiger partial charge on any atom is 0.211 e. The lowest BCUT2D eigenvalue weighted by Crippen LogP contribution is -2.21. The lowest BCUT2D eigenvalue weighted by atomic mass is 10.2. The minimum absolute atomic E-state index is 0.0861. The highest BCUT2D eigenvalue weighted by Crippen LogP contribution is 2.26. The molecule has 0 bridgehead atoms. The number of nitrogens with zero attached hydrogens (tertiary/aromatic N) is 5. The van der Waals surface area contributed by atoms with E-state index in [1.165, 1.54) is 0 Å². The molecule has 4 N–H and O–H groups in total. The lowest BCUT2D eigenvalue weighted by Gasteiger charge is -1.99. The molecular weight excluding hydrogens is 286 g/mol. The Balaban J connectivity index is 2.20. The van der Waals surface area contributed by atoms with Crippen molar-refractivity contribution in [2.24, 2.45) is 21.7 Å². The van der Waals surface area contributed by atoms with E-state index < -0.39 is 0 Å². The van der Waals surface area contributed by atoms with Crippen LogP contribution in [0, 0.1) is 6.92 Å². The molecule has 21 heavy (non-hydrogen) atoms. The molecule has 3 heterocycles. The monoisotopic (exact) mass is 299 g/mol. The highest BCUT2D eigenvalue weighted by molar-refractivity contribution is 7.15. The second-order valence-corrected chi connectivity index (χ2v) is 5.19. The first-order valence-corrected chi connectivity index (χ1v) is 7.03. The zero-order valence-electron chi connectivity index (χ0n) is 11.3. The molecule has 0 atom stereocenters. The van der Waals surface area contributed by atoms with E-state index in [1.807, 2.05) is 28.8 Å². The maximum atomic E-state index is 5.29. The van der Waals surface area contributed by atoms with E-state index in [1.54, 1.807) is 29.9 Å². The SMILES string of the molecule is Cc1csc2nc(-c3cccnc3)c(/C=N/N=C(N)N)n12. The molecule has 3 rings (SSSR count). The van der Waals surface area contributed by atoms with Crippen LogP contribution in [0.2, 0.25) is 0 Å². The van der Waals surface area contributed by atoms with Crippen molar-refractivity contribution in [1.82, 2.24) is 14.4 Å². The number of guanidine groups is 1. The molecule has 8 heteroatoms. The van der Waals surface area contributed by atoms with Crippen LogP contribution in [-0.2, 0) is 0 Å². The molecule has 106 valence electrons. The largest absolute Gasteiger partial charge is 0.369 e. The van der Waals surface area contributed by atoms with Crippen LogP contribution in [0.5, 0.6) is 0 Å². The van der Waals surface area contributed by atoms with Gasteiger partial charge in [0.05, 0.1) is 11.9 Å². The third-order valence-electron chi connectivity index (χ3n) is 2.86. The fourth-order valence-corrected chi connectivity index (χ4v) is 2.88. The van der Waals surface area contributed by atoms with Crippen LogP contribution in [0.25, 0.3) is 16.2 Å². The van der Waals surface area contributed by atoms with E-state index in [-0.39, 0.29) is 5.96 Å². The van der Waals surface area contributed by atoms with Gasteiger partial charge in [-0.25, -0.2) is 4.98 Å². The molecule has 3 aromatic rings. The highest BCUT2D eigenvalue weighted by Gasteiger charge is 2.15. The summed E-state index contributed by atoms with van der Waals surface area (Å²) < 4.78 is 2.01. The number of aromatic nitrogens is 3. The van der Waals surface area contributed by atoms with Crippen LogP contribution >= 0.6 is 11.3 Å². The van der Waals surface area contributed by atoms with Gasteiger partial charge >= 0.3 is 0 Å². The zero-order valence-corrected chi connectivity index (χ0v) is 12.1. The predicted molar refractivity (Wildman–Crippen MR) is 84.4 cm³/mol. The van der Waals surface area contributed by atoms with Crippen molar-refractivity contribution < 1.29 is 0 Å². The van der Waals surface area contributed by atoms with Gasteiger partial charge < -0.3 is 11.5 Å². The van der Waals surface area contributed by atoms with Crippen LogP contribution in [0.1, 0.15) is 11.4 Å². The third kappa shape index (κ3) is 2.48. The van der Waals surface area contributed by atoms with E-state index in [4.69, 9.17) is 11.5 Å². The van der Waals surface area contributed by atoms with Gasteiger partial charge in [-0.05, 0) is 19.1 Å². The zero-order chi connectivity index (χ0) is 14.8. The molecule has 0 fully saturated rings. The van der Waals surface area contributed by atoms with Crippen molar-refractivity contribution >= 4 is 28.5 Å². The first-order valence-electron chi connectivity index (χ1n) is 6.15. The summed E-state index contributed by atoms with van der Waals surface area (Å²) in [5.74, 6) is -0.0861. The molecule has 0 amide bonds. The number of hydrogen-bond acceptors (Lipinski definition) is 5. The van der Waals surface area contributed by atoms with Crippen LogP contribution in [0.3, 0.4) is 0 Å². The minimum Gasteiger partial charge on any atom is -0.369 e. The van der Waals surface area contributed by atoms with Gasteiger partial charge in [-0.15, -0.1) is 16.4 Å². The van der Waals surface area contributed by atoms with Crippen LogP contribution in [-0.4, -0.2) is 26.5 Å². The van der Waals surface area contributed by atoms with Crippen molar-refractivity contribution in [3.05, 3.63) is 41.3 Å². The summed E-state index contributed by atoms with van der Waals surface area (Å²) in [5.41, 5.74) is 14.2. The van der Waals surface area contributed by atoms with Gasteiger partial charge in [-0.1, -0.05) is 0 Å². The number of imidazole rings is 1. The second kappa shape index (κ2) is 5.33. The van der Waals surface area contributed by atoms with E-state index in [9.17, 15) is 0 Å². The quantitative estimate of drug-likeness (QED) is 0.432. The van der Waals surface area contributed by atoms with E-state index in [0.29, 0.717) is 0 Å². The molecule has 0 aromatic carbocycles. The Hall–Kier alpha value is -2.74. The summed E-state index contributed by atoms with van der Waals surface area (Å²) in [7, 11) is 0. The molecule has 0 aliphatic rings. The fourth-order valence-electron chi connectivity index (χ4n) is 2.01. The highest BCUT2D eigenvalue weighted by atomic mass is 32.1. The number of aryl methyl sites for hydroxylation is 1. The van der Waals surface area contributed by atoms with E-state index in [0.717, 1.165) is 27.6 Å². The summed E-state index contributed by atoms with van der Waals surface area (Å²) in [6, 6.07) is 3.82. The second-order valence-electron chi connectivity index (χ2n) is 4.35. The molecule has 3 aromatic heterocycles. The molecule has 0 saturated carbocycles. The Morgan fingerprint density at radius 3 is 3.00 bits per heavy atom. The number of rotatable bonds is 3. The summed E-state index contributed by atoms with van der Waals surface area (Å²) in [5, 5.41) is 9.59. The average Bonchev–Trinajstić information content (AvgIpc) is 3.01. The van der Waals surface area contributed by atoms with Gasteiger partial charge in [0.2, 0.25) is 5.96 Å². The number of pyridine rings is 1. The molecule has 0 radical (unpaired) electrons. The van der Waals surface area contributed by atoms with Crippen LogP contribution in [0.4, 0.5) is 0 Å². The van der Waals surface area contributed by atoms with Gasteiger partial charge in [0.15, 0.2) is 4.96 Å². The summed E-state index contributed by atoms with van der Waals surface area (Å²) in [6.45, 7) is 2.01. The first kappa shape index (κ1) is 13.3. The van der Waals surface area contributed by atoms with Gasteiger partial charge in [-0.3, -0.25) is 9.38 Å². The van der Waals surface area contributed by atoms with Crippen molar-refractivity contribution in [2.75, 3.05) is 0 Å². The van der Waals surface area contributed by atoms with Crippen molar-refractivity contribution in [2.45, 2.75) is 6.92 Å². The number of fused-ring (bicyclic) bond motifs is 1. The lowest BCUT2D eigenvalue weighted by molar-refractivity contribution is 1.11. The number of hydrogen-bond donors (Lipinski definition) is 2. The molecule has 0 unspecified atom stereocenters. The van der Waals surface area contributed by atoms with Gasteiger partial charge in [-0.2, -0.15) is 5.10 Å². The molecule has 7 nitrogen and oxygen atoms in total. The Bertz CT molecular complexity index is 825. The minimum atomic E-state index is -0.0861. The van der Waals surface area contributed by atoms with E-state index in [2.05, 4.69) is 20.2 Å². The van der Waals surface area contributed by atoms with Crippen LogP contribution < -0.4 is 11.5 Å². The van der Waals surface area contributed by atoms with Gasteiger partial charge in [0.1, 0.15) is 5.69 Å². The standard InChI is InChI=1S/C13H13N7S/c1-8-7-21-13-18-11(9-3-2-4-16-5-9)10(20(8)13)6-17-19-12(14)15/h2-7H,1H3,(H4,14,15,19)/b17-6+. The van der Waals surface area contributed by atoms with E-state index >= 15 is 0 Å². The van der Waals surface area contributed by atoms with Gasteiger partial charge in [0.25, 0.3) is 0 Å². The average molecular weight is 299 g/mol. The topological polar surface area (TPSA) is 107 Å². The molecule has 0 saturated heterocycles. The molecule has 0 aliphatic carbocycles. The Kier molecular flexibility index (Phi) is 3.36. The van der Waals surface area contributed by atoms with Gasteiger partial charge in [0, 0.05) is 29.0 Å². The fraction of sp³-hybridized carbons (Fsp3) is 0.0769.